The molecule has 0 N–H and O–H groups in total. The molecule has 9 heteroatoms. The lowest BCUT2D eigenvalue weighted by Crippen LogP contribution is -2.25. The summed E-state index contributed by atoms with van der Waals surface area (Å²) in [5, 5.41) is 6.33. The zero-order chi connectivity index (χ0) is 22.8. The molecule has 0 fully saturated rings. The lowest BCUT2D eigenvalue weighted by molar-refractivity contribution is 0.0988. The van der Waals surface area contributed by atoms with E-state index < -0.39 is 0 Å². The fourth-order valence-electron chi connectivity index (χ4n) is 3.22. The number of hydrazone groups is 1. The SMILES string of the molecule is COc1ccc(/C=N/N(C(=O)c2ccc3ncsc3c2)c2nc3ccc(OC)cc3s2)cc1. The smallest absolute Gasteiger partial charge is 0.280 e. The molecule has 0 aliphatic heterocycles. The van der Waals surface area contributed by atoms with Crippen molar-refractivity contribution in [1.29, 1.82) is 0 Å². The van der Waals surface area contributed by atoms with E-state index in [1.807, 2.05) is 54.6 Å². The second-order valence-electron chi connectivity index (χ2n) is 7.00. The number of carbonyl (C=O) groups excluding carboxylic acids is 1. The zero-order valence-electron chi connectivity index (χ0n) is 17.8. The van der Waals surface area contributed by atoms with Gasteiger partial charge in [-0.1, -0.05) is 11.3 Å². The van der Waals surface area contributed by atoms with Crippen LogP contribution in [0, 0.1) is 0 Å². The van der Waals surface area contributed by atoms with Crippen molar-refractivity contribution in [3.05, 3.63) is 77.3 Å². The predicted octanol–water partition coefficient (Wildman–Crippen LogP) is 5.60. The number of methoxy groups -OCH3 is 2. The first kappa shape index (κ1) is 21.0. The molecule has 2 aromatic heterocycles. The van der Waals surface area contributed by atoms with Gasteiger partial charge in [-0.3, -0.25) is 4.79 Å². The number of hydrogen-bond donors (Lipinski definition) is 0. The molecular formula is C24H18N4O3S2. The maximum Gasteiger partial charge on any atom is 0.280 e. The highest BCUT2D eigenvalue weighted by Gasteiger charge is 2.22. The Hall–Kier alpha value is -3.82. The number of anilines is 1. The molecule has 0 atom stereocenters. The Morgan fingerprint density at radius 3 is 2.48 bits per heavy atom. The van der Waals surface area contributed by atoms with Crippen LogP contribution in [-0.4, -0.2) is 36.3 Å². The molecule has 33 heavy (non-hydrogen) atoms. The van der Waals surface area contributed by atoms with Gasteiger partial charge in [0.2, 0.25) is 5.13 Å². The van der Waals surface area contributed by atoms with E-state index in [9.17, 15) is 4.79 Å². The Bertz CT molecular complexity index is 1470. The van der Waals surface area contributed by atoms with Crippen molar-refractivity contribution in [1.82, 2.24) is 9.97 Å². The van der Waals surface area contributed by atoms with Crippen molar-refractivity contribution in [2.45, 2.75) is 0 Å². The minimum atomic E-state index is -0.277. The van der Waals surface area contributed by atoms with Crippen LogP contribution in [0.1, 0.15) is 15.9 Å². The highest BCUT2D eigenvalue weighted by molar-refractivity contribution is 7.22. The molecule has 7 nitrogen and oxygen atoms in total. The number of amides is 1. The van der Waals surface area contributed by atoms with Crippen LogP contribution in [0.3, 0.4) is 0 Å². The van der Waals surface area contributed by atoms with E-state index in [1.165, 1.54) is 27.7 Å². The number of thiazole rings is 2. The van der Waals surface area contributed by atoms with Gasteiger partial charge in [0, 0.05) is 5.56 Å². The molecule has 2 heterocycles. The minimum Gasteiger partial charge on any atom is -0.497 e. The molecular weight excluding hydrogens is 456 g/mol. The topological polar surface area (TPSA) is 76.9 Å². The molecule has 0 aliphatic carbocycles. The van der Waals surface area contributed by atoms with Crippen LogP contribution in [0.5, 0.6) is 11.5 Å². The number of nitrogens with zero attached hydrogens (tertiary/aromatic N) is 4. The summed E-state index contributed by atoms with van der Waals surface area (Å²) in [6.45, 7) is 0. The fraction of sp³-hybridized carbons (Fsp3) is 0.0833. The summed E-state index contributed by atoms with van der Waals surface area (Å²) < 4.78 is 12.4. The number of rotatable bonds is 6. The summed E-state index contributed by atoms with van der Waals surface area (Å²) in [7, 11) is 3.24. The number of ether oxygens (including phenoxy) is 2. The predicted molar refractivity (Wildman–Crippen MR) is 133 cm³/mol. The van der Waals surface area contributed by atoms with E-state index >= 15 is 0 Å². The molecule has 0 radical (unpaired) electrons. The quantitative estimate of drug-likeness (QED) is 0.236. The van der Waals surface area contributed by atoms with Gasteiger partial charge in [-0.25, -0.2) is 9.97 Å². The molecule has 3 aromatic carbocycles. The summed E-state index contributed by atoms with van der Waals surface area (Å²) in [6.07, 6.45) is 1.63. The summed E-state index contributed by atoms with van der Waals surface area (Å²) >= 11 is 2.86. The van der Waals surface area contributed by atoms with Gasteiger partial charge in [-0.2, -0.15) is 10.1 Å². The molecule has 1 amide bonds. The van der Waals surface area contributed by atoms with Crippen molar-refractivity contribution in [3.8, 4) is 11.5 Å². The normalized spacial score (nSPS) is 11.3. The van der Waals surface area contributed by atoms with Crippen molar-refractivity contribution >= 4 is 60.4 Å². The molecule has 5 aromatic rings. The summed E-state index contributed by atoms with van der Waals surface area (Å²) in [5.41, 5.74) is 4.73. The third kappa shape index (κ3) is 4.28. The van der Waals surface area contributed by atoms with Crippen LogP contribution in [0.25, 0.3) is 20.4 Å². The average molecular weight is 475 g/mol. The first-order valence-corrected chi connectivity index (χ1v) is 11.6. The zero-order valence-corrected chi connectivity index (χ0v) is 19.4. The number of aromatic nitrogens is 2. The van der Waals surface area contributed by atoms with Gasteiger partial charge < -0.3 is 9.47 Å². The highest BCUT2D eigenvalue weighted by Crippen LogP contribution is 2.33. The van der Waals surface area contributed by atoms with Crippen LogP contribution < -0.4 is 14.5 Å². The van der Waals surface area contributed by atoms with Gasteiger partial charge in [0.15, 0.2) is 0 Å². The van der Waals surface area contributed by atoms with Crippen molar-refractivity contribution in [2.75, 3.05) is 19.2 Å². The highest BCUT2D eigenvalue weighted by atomic mass is 32.1. The van der Waals surface area contributed by atoms with E-state index in [1.54, 1.807) is 32.0 Å². The molecule has 0 spiro atoms. The maximum absolute atomic E-state index is 13.6. The summed E-state index contributed by atoms with van der Waals surface area (Å²) in [6, 6.07) is 18.5. The van der Waals surface area contributed by atoms with Gasteiger partial charge in [0.05, 0.1) is 46.4 Å². The molecule has 0 unspecified atom stereocenters. The van der Waals surface area contributed by atoms with Gasteiger partial charge in [0.1, 0.15) is 11.5 Å². The number of carbonyl (C=O) groups is 1. The minimum absolute atomic E-state index is 0.277. The van der Waals surface area contributed by atoms with Crippen LogP contribution in [0.4, 0.5) is 5.13 Å². The maximum atomic E-state index is 13.6. The van der Waals surface area contributed by atoms with Gasteiger partial charge in [0.25, 0.3) is 5.91 Å². The summed E-state index contributed by atoms with van der Waals surface area (Å²) in [4.78, 5) is 22.5. The first-order chi connectivity index (χ1) is 16.1. The largest absolute Gasteiger partial charge is 0.497 e. The monoisotopic (exact) mass is 474 g/mol. The van der Waals surface area contributed by atoms with E-state index in [2.05, 4.69) is 15.1 Å². The molecule has 0 bridgehead atoms. The molecule has 0 saturated carbocycles. The van der Waals surface area contributed by atoms with Crippen LogP contribution in [-0.2, 0) is 0 Å². The van der Waals surface area contributed by atoms with Gasteiger partial charge >= 0.3 is 0 Å². The molecule has 0 aliphatic rings. The van der Waals surface area contributed by atoms with Crippen LogP contribution in [0.2, 0.25) is 0 Å². The summed E-state index contributed by atoms with van der Waals surface area (Å²) in [5.74, 6) is 1.20. The number of fused-ring (bicyclic) bond motifs is 2. The Morgan fingerprint density at radius 1 is 0.939 bits per heavy atom. The second-order valence-corrected chi connectivity index (χ2v) is 8.90. The molecule has 0 saturated heterocycles. The van der Waals surface area contributed by atoms with Crippen molar-refractivity contribution in [3.63, 3.8) is 0 Å². The molecule has 164 valence electrons. The fourth-order valence-corrected chi connectivity index (χ4v) is 4.89. The lowest BCUT2D eigenvalue weighted by atomic mass is 10.2. The Balaban J connectivity index is 1.55. The second kappa shape index (κ2) is 8.97. The lowest BCUT2D eigenvalue weighted by Gasteiger charge is -2.14. The molecule has 5 rings (SSSR count). The Labute approximate surface area is 197 Å². The first-order valence-electron chi connectivity index (χ1n) is 9.95. The number of hydrogen-bond acceptors (Lipinski definition) is 8. The van der Waals surface area contributed by atoms with E-state index in [-0.39, 0.29) is 5.91 Å². The average Bonchev–Trinajstić information content (AvgIpc) is 3.50. The van der Waals surface area contributed by atoms with E-state index in [0.717, 1.165) is 37.5 Å². The van der Waals surface area contributed by atoms with Crippen molar-refractivity contribution < 1.29 is 14.3 Å². The van der Waals surface area contributed by atoms with Gasteiger partial charge in [-0.15, -0.1) is 11.3 Å². The third-order valence-electron chi connectivity index (χ3n) is 4.97. The van der Waals surface area contributed by atoms with Crippen LogP contribution in [0.15, 0.2) is 71.3 Å². The Morgan fingerprint density at radius 2 is 1.70 bits per heavy atom. The van der Waals surface area contributed by atoms with E-state index in [0.29, 0.717) is 10.7 Å². The standard InChI is InChI=1S/C24H18N4O3S2/c1-30-17-6-3-15(4-7-17)13-26-28(23(29)16-5-9-19-21(11-16)32-14-25-19)24-27-20-10-8-18(31-2)12-22(20)33-24/h3-14H,1-2H3/b26-13+. The third-order valence-corrected chi connectivity index (χ3v) is 6.76. The number of benzene rings is 3. The van der Waals surface area contributed by atoms with Gasteiger partial charge in [-0.05, 0) is 66.2 Å². The Kier molecular flexibility index (Phi) is 5.72. The van der Waals surface area contributed by atoms with Crippen molar-refractivity contribution in [2.24, 2.45) is 5.10 Å². The van der Waals surface area contributed by atoms with E-state index in [4.69, 9.17) is 9.47 Å². The van der Waals surface area contributed by atoms with Crippen LogP contribution >= 0.6 is 22.7 Å².